The standard InChI is InChI=1S/C55H51N4O.Pt/c1-53(2,3)40-22-17-23-43(30-40)57-36-51(38-18-11-9-12-19-38)58(37-57)44-31-42(55(7,8)39-20-13-10-14-21-39)32-46(34-44)60-45-26-27-48-47-24-15-16-25-49(47)59(50(48)35-45)52-33-41(28-29-56-52)54(4,5)6;/h9-33,36-37H,1-8H3;/q-3;. The number of aromatic nitrogens is 2. The molecule has 1 aliphatic heterocycles. The van der Waals surface area contributed by atoms with Crippen LogP contribution in [0.25, 0.3) is 33.3 Å². The van der Waals surface area contributed by atoms with Gasteiger partial charge in [0, 0.05) is 55.7 Å². The van der Waals surface area contributed by atoms with Crippen molar-refractivity contribution in [2.45, 2.75) is 71.6 Å². The second-order valence-corrected chi connectivity index (χ2v) is 18.4. The molecule has 6 aromatic carbocycles. The molecule has 310 valence electrons. The summed E-state index contributed by atoms with van der Waals surface area (Å²) in [4.78, 5) is 9.33. The van der Waals surface area contributed by atoms with E-state index in [1.807, 2.05) is 12.3 Å². The molecule has 1 aliphatic rings. The van der Waals surface area contributed by atoms with Crippen LogP contribution in [0.15, 0.2) is 158 Å². The third-order valence-corrected chi connectivity index (χ3v) is 11.8. The molecule has 2 aromatic heterocycles. The van der Waals surface area contributed by atoms with E-state index in [4.69, 9.17) is 9.72 Å². The van der Waals surface area contributed by atoms with Crippen molar-refractivity contribution in [3.8, 4) is 17.3 Å². The molecule has 0 saturated carbocycles. The molecule has 0 fully saturated rings. The summed E-state index contributed by atoms with van der Waals surface area (Å²) in [7, 11) is 0. The first-order valence-electron chi connectivity index (χ1n) is 20.8. The maximum Gasteiger partial charge on any atom is 0.135 e. The molecule has 0 aliphatic carbocycles. The minimum atomic E-state index is -0.357. The van der Waals surface area contributed by atoms with E-state index in [0.717, 1.165) is 55.8 Å². The zero-order chi connectivity index (χ0) is 41.8. The number of pyridine rings is 1. The Balaban J connectivity index is 0.00000514. The molecule has 0 saturated heterocycles. The zero-order valence-corrected chi connectivity index (χ0v) is 38.4. The number of hydrogen-bond donors (Lipinski definition) is 0. The van der Waals surface area contributed by atoms with Gasteiger partial charge in [0.1, 0.15) is 5.82 Å². The van der Waals surface area contributed by atoms with Gasteiger partial charge >= 0.3 is 0 Å². The fourth-order valence-electron chi connectivity index (χ4n) is 8.10. The summed E-state index contributed by atoms with van der Waals surface area (Å²) in [6.07, 6.45) is 4.12. The average molecular weight is 979 g/mol. The summed E-state index contributed by atoms with van der Waals surface area (Å²) >= 11 is 0. The summed E-state index contributed by atoms with van der Waals surface area (Å²) in [6, 6.07) is 58.7. The Hall–Kier alpha value is -5.90. The monoisotopic (exact) mass is 978 g/mol. The molecule has 6 heteroatoms. The van der Waals surface area contributed by atoms with Crippen LogP contribution in [0.2, 0.25) is 0 Å². The van der Waals surface area contributed by atoms with Crippen LogP contribution in [0.5, 0.6) is 11.5 Å². The maximum atomic E-state index is 6.91. The van der Waals surface area contributed by atoms with E-state index >= 15 is 0 Å². The number of fused-ring (bicyclic) bond motifs is 3. The Labute approximate surface area is 375 Å². The van der Waals surface area contributed by atoms with Crippen LogP contribution in [-0.2, 0) is 37.3 Å². The van der Waals surface area contributed by atoms with Crippen LogP contribution in [-0.4, -0.2) is 9.55 Å². The van der Waals surface area contributed by atoms with Gasteiger partial charge in [0.2, 0.25) is 0 Å². The average Bonchev–Trinajstić information content (AvgIpc) is 3.84. The van der Waals surface area contributed by atoms with E-state index in [9.17, 15) is 0 Å². The number of benzene rings is 6. The van der Waals surface area contributed by atoms with E-state index in [1.165, 1.54) is 16.7 Å². The zero-order valence-electron chi connectivity index (χ0n) is 36.1. The van der Waals surface area contributed by atoms with Gasteiger partial charge in [-0.3, -0.25) is 0 Å². The fraction of sp³-hybridized carbons (Fsp3) is 0.200. The van der Waals surface area contributed by atoms with E-state index in [1.54, 1.807) is 0 Å². The molecule has 61 heavy (non-hydrogen) atoms. The summed E-state index contributed by atoms with van der Waals surface area (Å²) in [5, 5.41) is 2.23. The largest absolute Gasteiger partial charge is 0.509 e. The Bertz CT molecular complexity index is 2880. The van der Waals surface area contributed by atoms with Gasteiger partial charge in [0.15, 0.2) is 0 Å². The first kappa shape index (κ1) is 41.8. The number of nitrogens with zero attached hydrogens (tertiary/aromatic N) is 4. The maximum absolute atomic E-state index is 6.91. The smallest absolute Gasteiger partial charge is 0.135 e. The molecule has 8 aromatic rings. The van der Waals surface area contributed by atoms with Gasteiger partial charge in [-0.05, 0) is 80.4 Å². The van der Waals surface area contributed by atoms with E-state index in [-0.39, 0.29) is 37.3 Å². The third kappa shape index (κ3) is 8.17. The fourth-order valence-corrected chi connectivity index (χ4v) is 8.10. The van der Waals surface area contributed by atoms with Gasteiger partial charge in [-0.25, -0.2) is 4.98 Å². The van der Waals surface area contributed by atoms with Crippen molar-refractivity contribution in [3.63, 3.8) is 0 Å². The second-order valence-electron chi connectivity index (χ2n) is 18.4. The van der Waals surface area contributed by atoms with E-state index in [2.05, 4.69) is 234 Å². The number of hydrogen-bond acceptors (Lipinski definition) is 4. The predicted molar refractivity (Wildman–Crippen MR) is 249 cm³/mol. The molecule has 9 rings (SSSR count). The molecular weight excluding hydrogens is 928 g/mol. The van der Waals surface area contributed by atoms with Gasteiger partial charge in [-0.15, -0.1) is 53.6 Å². The van der Waals surface area contributed by atoms with Gasteiger partial charge < -0.3 is 19.1 Å². The Morgan fingerprint density at radius 2 is 1.25 bits per heavy atom. The summed E-state index contributed by atoms with van der Waals surface area (Å²) in [5.41, 5.74) is 10.5. The van der Waals surface area contributed by atoms with Gasteiger partial charge in [-0.2, -0.15) is 6.07 Å². The second kappa shape index (κ2) is 16.2. The van der Waals surface area contributed by atoms with Crippen LogP contribution in [0.3, 0.4) is 0 Å². The molecule has 3 heterocycles. The van der Waals surface area contributed by atoms with E-state index < -0.39 is 0 Å². The van der Waals surface area contributed by atoms with Crippen molar-refractivity contribution >= 4 is 38.9 Å². The number of ether oxygens (including phenoxy) is 1. The minimum Gasteiger partial charge on any atom is -0.509 e. The number of para-hydroxylation sites is 1. The van der Waals surface area contributed by atoms with Crippen molar-refractivity contribution in [2.24, 2.45) is 0 Å². The number of anilines is 2. The van der Waals surface area contributed by atoms with Crippen LogP contribution >= 0.6 is 0 Å². The summed E-state index contributed by atoms with van der Waals surface area (Å²) in [5.74, 6) is 2.05. The Morgan fingerprint density at radius 1 is 0.574 bits per heavy atom. The van der Waals surface area contributed by atoms with Crippen molar-refractivity contribution in [1.29, 1.82) is 0 Å². The number of rotatable bonds is 8. The summed E-state index contributed by atoms with van der Waals surface area (Å²) < 4.78 is 9.11. The molecule has 0 bridgehead atoms. The minimum absolute atomic E-state index is 0. The van der Waals surface area contributed by atoms with Crippen molar-refractivity contribution in [2.75, 3.05) is 9.80 Å². The molecule has 0 amide bonds. The quantitative estimate of drug-likeness (QED) is 0.142. The van der Waals surface area contributed by atoms with Crippen molar-refractivity contribution < 1.29 is 25.8 Å². The van der Waals surface area contributed by atoms with Crippen molar-refractivity contribution in [3.05, 3.63) is 205 Å². The summed E-state index contributed by atoms with van der Waals surface area (Å²) in [6.45, 7) is 20.2. The van der Waals surface area contributed by atoms with Gasteiger partial charge in [-0.1, -0.05) is 152 Å². The molecule has 5 nitrogen and oxygen atoms in total. The molecule has 0 atom stereocenters. The normalized spacial score (nSPS) is 13.4. The Kier molecular flexibility index (Phi) is 11.1. The van der Waals surface area contributed by atoms with Crippen LogP contribution in [0.4, 0.5) is 11.4 Å². The molecule has 0 radical (unpaired) electrons. The first-order valence-corrected chi connectivity index (χ1v) is 20.8. The molecule has 0 spiro atoms. The molecule has 0 N–H and O–H groups in total. The first-order chi connectivity index (χ1) is 28.7. The van der Waals surface area contributed by atoms with Crippen LogP contribution in [0, 0.1) is 18.8 Å². The van der Waals surface area contributed by atoms with Crippen molar-refractivity contribution in [1.82, 2.24) is 9.55 Å². The van der Waals surface area contributed by atoms with Gasteiger partial charge in [0.25, 0.3) is 0 Å². The topological polar surface area (TPSA) is 33.5 Å². The van der Waals surface area contributed by atoms with E-state index in [0.29, 0.717) is 11.5 Å². The Morgan fingerprint density at radius 3 is 1.98 bits per heavy atom. The van der Waals surface area contributed by atoms with Gasteiger partial charge in [0.05, 0.1) is 0 Å². The molecule has 0 unspecified atom stereocenters. The van der Waals surface area contributed by atoms with Crippen LogP contribution < -0.4 is 14.5 Å². The molecular formula is C55H51N4OPt-3. The predicted octanol–water partition coefficient (Wildman–Crippen LogP) is 13.9. The SMILES string of the molecule is CC(C)(C)c1cccc(N2C=C(c3ccccc3)N(c3[c-]c(Oc4[c-]c5c(cc4)c4ccccc4n5-c4cc(C(C)(C)C)ccn4)cc(C(C)(C)c4ccccc4)c3)[CH-]2)c1.[Pt]. The van der Waals surface area contributed by atoms with Crippen LogP contribution in [0.1, 0.15) is 83.2 Å². The third-order valence-electron chi connectivity index (χ3n) is 11.8.